The minimum absolute atomic E-state index is 0.515. The Morgan fingerprint density at radius 1 is 1.33 bits per heavy atom. The van der Waals surface area contributed by atoms with Crippen LogP contribution in [0.25, 0.3) is 0 Å². The summed E-state index contributed by atoms with van der Waals surface area (Å²) in [6.07, 6.45) is 2.79. The Morgan fingerprint density at radius 3 is 2.33 bits per heavy atom. The molecule has 1 fully saturated rings. The van der Waals surface area contributed by atoms with Gasteiger partial charge in [-0.3, -0.25) is 4.79 Å². The van der Waals surface area contributed by atoms with E-state index in [0.717, 1.165) is 19.3 Å². The normalized spacial score (nSPS) is 21.1. The van der Waals surface area contributed by atoms with Gasteiger partial charge >= 0.3 is 0 Å². The van der Waals surface area contributed by atoms with Crippen LogP contribution in [-0.4, -0.2) is 37.8 Å². The van der Waals surface area contributed by atoms with Gasteiger partial charge in [0.2, 0.25) is 5.91 Å². The first-order valence-corrected chi connectivity index (χ1v) is 6.44. The Hall–Kier alpha value is -0.660. The number of nitrogens with one attached hydrogen (secondary N) is 1. The number of amides is 1. The molecule has 0 radical (unpaired) electrons. The van der Waals surface area contributed by atoms with Crippen LogP contribution in [0.5, 0.6) is 0 Å². The molecule has 1 rings (SSSR count). The lowest BCUT2D eigenvalue weighted by Crippen LogP contribution is -2.50. The Balaban J connectivity index is 2.61. The van der Waals surface area contributed by atoms with Crippen molar-refractivity contribution in [1.82, 2.24) is 9.03 Å². The van der Waals surface area contributed by atoms with Crippen LogP contribution in [-0.2, 0) is 15.0 Å². The summed E-state index contributed by atoms with van der Waals surface area (Å²) in [6.45, 7) is 2.46. The molecule has 88 valence electrons. The molecule has 0 aromatic carbocycles. The Bertz CT molecular complexity index is 322. The molecule has 1 amide bonds. The zero-order valence-corrected chi connectivity index (χ0v) is 9.59. The molecular formula is C8H17N3O3S. The molecular weight excluding hydrogens is 218 g/mol. The first-order valence-electron chi connectivity index (χ1n) is 5.00. The number of carbonyl (C=O) groups excluding carboxylic acids is 1. The molecule has 1 aliphatic heterocycles. The summed E-state index contributed by atoms with van der Waals surface area (Å²) in [6, 6.07) is -0.864. The number of nitrogens with two attached hydrogens (primary N) is 1. The maximum Gasteiger partial charge on any atom is 0.280 e. The molecule has 1 unspecified atom stereocenters. The summed E-state index contributed by atoms with van der Waals surface area (Å²) in [5, 5.41) is 0. The highest BCUT2D eigenvalue weighted by Gasteiger charge is 2.26. The number of nitrogens with zero attached hydrogens (tertiary/aromatic N) is 1. The minimum atomic E-state index is -3.55. The van der Waals surface area contributed by atoms with Crippen molar-refractivity contribution in [2.75, 3.05) is 13.1 Å². The van der Waals surface area contributed by atoms with E-state index in [9.17, 15) is 13.2 Å². The second-order valence-corrected chi connectivity index (χ2v) is 5.41. The zero-order valence-electron chi connectivity index (χ0n) is 8.77. The van der Waals surface area contributed by atoms with Gasteiger partial charge in [-0.2, -0.15) is 17.4 Å². The molecule has 0 bridgehead atoms. The van der Waals surface area contributed by atoms with Gasteiger partial charge in [0, 0.05) is 13.1 Å². The van der Waals surface area contributed by atoms with Gasteiger partial charge in [-0.25, -0.2) is 0 Å². The van der Waals surface area contributed by atoms with Crippen LogP contribution in [0.15, 0.2) is 0 Å². The van der Waals surface area contributed by atoms with Gasteiger partial charge in [0.05, 0.1) is 6.04 Å². The van der Waals surface area contributed by atoms with E-state index in [4.69, 9.17) is 5.73 Å². The topological polar surface area (TPSA) is 92.5 Å². The van der Waals surface area contributed by atoms with Crippen molar-refractivity contribution in [1.29, 1.82) is 0 Å². The molecule has 0 aliphatic carbocycles. The van der Waals surface area contributed by atoms with E-state index in [0.29, 0.717) is 13.1 Å². The predicted molar refractivity (Wildman–Crippen MR) is 56.1 cm³/mol. The average Bonchev–Trinajstić information content (AvgIpc) is 2.18. The van der Waals surface area contributed by atoms with Crippen LogP contribution in [0, 0.1) is 0 Å². The quantitative estimate of drug-likeness (QED) is 0.667. The van der Waals surface area contributed by atoms with Crippen LogP contribution >= 0.6 is 0 Å². The fourth-order valence-electron chi connectivity index (χ4n) is 1.46. The maximum atomic E-state index is 11.7. The van der Waals surface area contributed by atoms with E-state index < -0.39 is 22.2 Å². The van der Waals surface area contributed by atoms with Crippen LogP contribution in [0.4, 0.5) is 0 Å². The summed E-state index contributed by atoms with van der Waals surface area (Å²) in [7, 11) is -3.55. The number of rotatable bonds is 4. The lowest BCUT2D eigenvalue weighted by molar-refractivity contribution is -0.119. The monoisotopic (exact) mass is 235 g/mol. The van der Waals surface area contributed by atoms with E-state index in [-0.39, 0.29) is 0 Å². The molecule has 0 aromatic rings. The molecule has 1 atom stereocenters. The Morgan fingerprint density at radius 2 is 1.87 bits per heavy atom. The second-order valence-electron chi connectivity index (χ2n) is 3.71. The van der Waals surface area contributed by atoms with E-state index in [1.54, 1.807) is 0 Å². The second kappa shape index (κ2) is 4.91. The van der Waals surface area contributed by atoms with E-state index in [2.05, 4.69) is 4.72 Å². The smallest absolute Gasteiger partial charge is 0.280 e. The third-order valence-electron chi connectivity index (χ3n) is 2.41. The molecule has 7 heteroatoms. The summed E-state index contributed by atoms with van der Waals surface area (Å²) in [4.78, 5) is 10.7. The van der Waals surface area contributed by atoms with Crippen molar-refractivity contribution >= 4 is 16.1 Å². The van der Waals surface area contributed by atoms with Gasteiger partial charge in [0.15, 0.2) is 0 Å². The Kier molecular flexibility index (Phi) is 4.06. The van der Waals surface area contributed by atoms with Crippen LogP contribution in [0.2, 0.25) is 0 Å². The third-order valence-corrected chi connectivity index (χ3v) is 4.10. The predicted octanol–water partition coefficient (Wildman–Crippen LogP) is -0.819. The molecule has 6 nitrogen and oxygen atoms in total. The number of hydrogen-bond acceptors (Lipinski definition) is 3. The van der Waals surface area contributed by atoms with Gasteiger partial charge in [0.25, 0.3) is 10.2 Å². The van der Waals surface area contributed by atoms with Crippen molar-refractivity contribution in [3.05, 3.63) is 0 Å². The highest BCUT2D eigenvalue weighted by Crippen LogP contribution is 2.11. The number of carbonyl (C=O) groups is 1. The van der Waals surface area contributed by atoms with E-state index in [1.807, 2.05) is 0 Å². The van der Waals surface area contributed by atoms with Crippen molar-refractivity contribution < 1.29 is 13.2 Å². The lowest BCUT2D eigenvalue weighted by atomic mass is 10.2. The van der Waals surface area contributed by atoms with Crippen LogP contribution in [0.3, 0.4) is 0 Å². The standard InChI is InChI=1S/C8H17N3O3S/c1-7(8(9)12)10-15(13,14)11-5-3-2-4-6-11/h7,10H,2-6H2,1H3,(H2,9,12). The average molecular weight is 235 g/mol. The van der Waals surface area contributed by atoms with Gasteiger partial charge < -0.3 is 5.73 Å². The van der Waals surface area contributed by atoms with Crippen molar-refractivity contribution in [2.45, 2.75) is 32.2 Å². The summed E-state index contributed by atoms with van der Waals surface area (Å²) in [5.74, 6) is -0.671. The fourth-order valence-corrected chi connectivity index (χ4v) is 2.91. The third kappa shape index (κ3) is 3.44. The van der Waals surface area contributed by atoms with Crippen molar-refractivity contribution in [3.63, 3.8) is 0 Å². The molecule has 3 N–H and O–H groups in total. The summed E-state index contributed by atoms with van der Waals surface area (Å²) < 4.78 is 27.0. The highest BCUT2D eigenvalue weighted by molar-refractivity contribution is 7.87. The summed E-state index contributed by atoms with van der Waals surface area (Å²) >= 11 is 0. The fraction of sp³-hybridized carbons (Fsp3) is 0.875. The first-order chi connectivity index (χ1) is 6.93. The lowest BCUT2D eigenvalue weighted by Gasteiger charge is -2.26. The number of primary amides is 1. The summed E-state index contributed by atoms with van der Waals surface area (Å²) in [5.41, 5.74) is 4.99. The molecule has 0 saturated carbocycles. The SMILES string of the molecule is CC(NS(=O)(=O)N1CCCCC1)C(N)=O. The maximum absolute atomic E-state index is 11.7. The zero-order chi connectivity index (χ0) is 11.5. The van der Waals surface area contributed by atoms with Gasteiger partial charge in [0.1, 0.15) is 0 Å². The van der Waals surface area contributed by atoms with E-state index >= 15 is 0 Å². The van der Waals surface area contributed by atoms with Gasteiger partial charge in [-0.1, -0.05) is 6.42 Å². The number of piperidine rings is 1. The van der Waals surface area contributed by atoms with Crippen molar-refractivity contribution in [3.8, 4) is 0 Å². The largest absolute Gasteiger partial charge is 0.368 e. The number of hydrogen-bond donors (Lipinski definition) is 2. The highest BCUT2D eigenvalue weighted by atomic mass is 32.2. The van der Waals surface area contributed by atoms with Gasteiger partial charge in [-0.05, 0) is 19.8 Å². The van der Waals surface area contributed by atoms with Gasteiger partial charge in [-0.15, -0.1) is 0 Å². The molecule has 0 aromatic heterocycles. The molecule has 1 aliphatic rings. The van der Waals surface area contributed by atoms with Crippen LogP contribution < -0.4 is 10.5 Å². The minimum Gasteiger partial charge on any atom is -0.368 e. The van der Waals surface area contributed by atoms with E-state index in [1.165, 1.54) is 11.2 Å². The van der Waals surface area contributed by atoms with Crippen molar-refractivity contribution in [2.24, 2.45) is 5.73 Å². The molecule has 1 heterocycles. The Labute approximate surface area is 90.0 Å². The molecule has 15 heavy (non-hydrogen) atoms. The van der Waals surface area contributed by atoms with Crippen LogP contribution in [0.1, 0.15) is 26.2 Å². The first kappa shape index (κ1) is 12.4. The molecule has 1 saturated heterocycles. The molecule has 0 spiro atoms.